The molecule has 3 N–H and O–H groups in total. The minimum atomic E-state index is -0.370. The molecule has 112 valence electrons. The summed E-state index contributed by atoms with van der Waals surface area (Å²) in [6.45, 7) is 8.18. The minimum Gasteiger partial charge on any atom is -0.462 e. The van der Waals surface area contributed by atoms with E-state index in [9.17, 15) is 4.79 Å². The molecule has 1 aromatic rings. The fourth-order valence-electron chi connectivity index (χ4n) is 1.71. The lowest BCUT2D eigenvalue weighted by molar-refractivity contribution is 0.0527. The Bertz CT molecular complexity index is 433. The van der Waals surface area contributed by atoms with Gasteiger partial charge in [-0.25, -0.2) is 4.79 Å². The lowest BCUT2D eigenvalue weighted by atomic mass is 10.1. The minimum absolute atomic E-state index is 0.338. The highest BCUT2D eigenvalue weighted by Gasteiger charge is 2.14. The molecule has 0 unspecified atom stereocenters. The zero-order valence-electron chi connectivity index (χ0n) is 12.4. The number of nitrogens with two attached hydrogens (primary N) is 1. The van der Waals surface area contributed by atoms with Crippen LogP contribution in [0.2, 0.25) is 0 Å². The lowest BCUT2D eigenvalue weighted by Crippen LogP contribution is -2.16. The first kappa shape index (κ1) is 16.3. The number of nitrogen functional groups attached to an aromatic ring is 1. The molecule has 20 heavy (non-hydrogen) atoms. The number of ether oxygens (including phenoxy) is 2. The maximum atomic E-state index is 11.8. The molecule has 5 heteroatoms. The van der Waals surface area contributed by atoms with Crippen LogP contribution in [0, 0.1) is 5.92 Å². The van der Waals surface area contributed by atoms with Crippen LogP contribution in [0.25, 0.3) is 0 Å². The monoisotopic (exact) mass is 280 g/mol. The molecule has 0 bridgehead atoms. The normalized spacial score (nSPS) is 10.6. The van der Waals surface area contributed by atoms with Crippen LogP contribution in [0.3, 0.4) is 0 Å². The van der Waals surface area contributed by atoms with Crippen molar-refractivity contribution in [2.24, 2.45) is 5.92 Å². The lowest BCUT2D eigenvalue weighted by Gasteiger charge is -2.14. The summed E-state index contributed by atoms with van der Waals surface area (Å²) >= 11 is 0. The van der Waals surface area contributed by atoms with E-state index in [1.165, 1.54) is 0 Å². The van der Waals surface area contributed by atoms with Crippen molar-refractivity contribution in [3.63, 3.8) is 0 Å². The molecule has 0 saturated carbocycles. The SMILES string of the molecule is CCOC(=O)c1cccc(N)c1NCCOCC(C)C. The zero-order valence-corrected chi connectivity index (χ0v) is 12.4. The van der Waals surface area contributed by atoms with Crippen LogP contribution >= 0.6 is 0 Å². The van der Waals surface area contributed by atoms with Crippen molar-refractivity contribution in [2.45, 2.75) is 20.8 Å². The summed E-state index contributed by atoms with van der Waals surface area (Å²) < 4.78 is 10.5. The maximum absolute atomic E-state index is 11.8. The Balaban J connectivity index is 2.61. The fourth-order valence-corrected chi connectivity index (χ4v) is 1.71. The Hall–Kier alpha value is -1.75. The molecule has 1 rings (SSSR count). The highest BCUT2D eigenvalue weighted by molar-refractivity contribution is 5.98. The molecule has 0 atom stereocenters. The summed E-state index contributed by atoms with van der Waals surface area (Å²) in [4.78, 5) is 11.8. The number of para-hydroxylation sites is 1. The van der Waals surface area contributed by atoms with Gasteiger partial charge in [-0.1, -0.05) is 19.9 Å². The molecule has 0 aromatic heterocycles. The van der Waals surface area contributed by atoms with Crippen LogP contribution in [0.15, 0.2) is 18.2 Å². The summed E-state index contributed by atoms with van der Waals surface area (Å²) in [6, 6.07) is 5.19. The van der Waals surface area contributed by atoms with E-state index in [4.69, 9.17) is 15.2 Å². The van der Waals surface area contributed by atoms with E-state index < -0.39 is 0 Å². The quantitative estimate of drug-likeness (QED) is 0.435. The van der Waals surface area contributed by atoms with E-state index in [-0.39, 0.29) is 5.97 Å². The molecule has 0 amide bonds. The first-order chi connectivity index (χ1) is 9.56. The number of esters is 1. The van der Waals surface area contributed by atoms with Crippen molar-refractivity contribution in [2.75, 3.05) is 37.4 Å². The maximum Gasteiger partial charge on any atom is 0.340 e. The molecule has 0 aliphatic rings. The van der Waals surface area contributed by atoms with Gasteiger partial charge in [0.25, 0.3) is 0 Å². The van der Waals surface area contributed by atoms with Gasteiger partial charge in [-0.2, -0.15) is 0 Å². The van der Waals surface area contributed by atoms with Crippen LogP contribution in [0.1, 0.15) is 31.1 Å². The zero-order chi connectivity index (χ0) is 15.0. The highest BCUT2D eigenvalue weighted by Crippen LogP contribution is 2.24. The molecular formula is C15H24N2O3. The summed E-state index contributed by atoms with van der Waals surface area (Å²) in [7, 11) is 0. The first-order valence-corrected chi connectivity index (χ1v) is 6.93. The molecule has 0 fully saturated rings. The number of carbonyl (C=O) groups is 1. The average molecular weight is 280 g/mol. The van der Waals surface area contributed by atoms with Crippen LogP contribution in [0.4, 0.5) is 11.4 Å². The summed E-state index contributed by atoms with van der Waals surface area (Å²) in [5, 5.41) is 3.14. The third-order valence-electron chi connectivity index (χ3n) is 2.59. The van der Waals surface area contributed by atoms with Crippen molar-refractivity contribution in [3.05, 3.63) is 23.8 Å². The standard InChI is InChI=1S/C15H24N2O3/c1-4-20-15(18)12-6-5-7-13(16)14(12)17-8-9-19-10-11(2)3/h5-7,11,17H,4,8-10,16H2,1-3H3. The second kappa shape index (κ2) is 8.43. The van der Waals surface area contributed by atoms with Crippen molar-refractivity contribution in [1.82, 2.24) is 0 Å². The Kier molecular flexibility index (Phi) is 6.87. The molecule has 0 aliphatic carbocycles. The number of rotatable bonds is 8. The molecule has 1 aromatic carbocycles. The van der Waals surface area contributed by atoms with Gasteiger partial charge in [0.15, 0.2) is 0 Å². The fraction of sp³-hybridized carbons (Fsp3) is 0.533. The molecule has 0 aliphatic heterocycles. The van der Waals surface area contributed by atoms with Crippen LogP contribution in [-0.2, 0) is 9.47 Å². The van der Waals surface area contributed by atoms with Crippen LogP contribution < -0.4 is 11.1 Å². The molecule has 5 nitrogen and oxygen atoms in total. The van der Waals surface area contributed by atoms with Crippen LogP contribution in [0.5, 0.6) is 0 Å². The van der Waals surface area contributed by atoms with E-state index in [0.717, 1.165) is 6.61 Å². The molecule has 0 heterocycles. The summed E-state index contributed by atoms with van der Waals surface area (Å²) in [5.41, 5.74) is 7.50. The number of anilines is 2. The Labute approximate surface area is 120 Å². The second-order valence-electron chi connectivity index (χ2n) is 4.89. The van der Waals surface area contributed by atoms with E-state index in [1.54, 1.807) is 25.1 Å². The van der Waals surface area contributed by atoms with Gasteiger partial charge in [0, 0.05) is 13.2 Å². The third-order valence-corrected chi connectivity index (χ3v) is 2.59. The van der Waals surface area contributed by atoms with Gasteiger partial charge in [-0.3, -0.25) is 0 Å². The molecule has 0 radical (unpaired) electrons. The van der Waals surface area contributed by atoms with E-state index in [2.05, 4.69) is 19.2 Å². The largest absolute Gasteiger partial charge is 0.462 e. The smallest absolute Gasteiger partial charge is 0.340 e. The topological polar surface area (TPSA) is 73.6 Å². The predicted octanol–water partition coefficient (Wildman–Crippen LogP) is 2.53. The average Bonchev–Trinajstić information content (AvgIpc) is 2.39. The number of benzene rings is 1. The van der Waals surface area contributed by atoms with E-state index in [0.29, 0.717) is 42.6 Å². The van der Waals surface area contributed by atoms with Crippen molar-refractivity contribution in [3.8, 4) is 0 Å². The van der Waals surface area contributed by atoms with Gasteiger partial charge in [-0.05, 0) is 25.0 Å². The van der Waals surface area contributed by atoms with Gasteiger partial charge in [0.05, 0.1) is 30.2 Å². The van der Waals surface area contributed by atoms with Crippen molar-refractivity contribution in [1.29, 1.82) is 0 Å². The molecule has 0 spiro atoms. The van der Waals surface area contributed by atoms with Gasteiger partial charge in [0.2, 0.25) is 0 Å². The second-order valence-corrected chi connectivity index (χ2v) is 4.89. The third kappa shape index (κ3) is 5.09. The Morgan fingerprint density at radius 2 is 2.15 bits per heavy atom. The summed E-state index contributed by atoms with van der Waals surface area (Å²) in [5.74, 6) is 0.136. The first-order valence-electron chi connectivity index (χ1n) is 6.93. The number of nitrogens with one attached hydrogen (secondary N) is 1. The molecular weight excluding hydrogens is 256 g/mol. The van der Waals surface area contributed by atoms with Crippen molar-refractivity contribution < 1.29 is 14.3 Å². The van der Waals surface area contributed by atoms with Gasteiger partial charge in [-0.15, -0.1) is 0 Å². The van der Waals surface area contributed by atoms with Gasteiger partial charge < -0.3 is 20.5 Å². The van der Waals surface area contributed by atoms with Crippen LogP contribution in [-0.4, -0.2) is 32.3 Å². The molecule has 0 saturated heterocycles. The summed E-state index contributed by atoms with van der Waals surface area (Å²) in [6.07, 6.45) is 0. The van der Waals surface area contributed by atoms with Gasteiger partial charge in [0.1, 0.15) is 0 Å². The van der Waals surface area contributed by atoms with E-state index >= 15 is 0 Å². The van der Waals surface area contributed by atoms with Crippen molar-refractivity contribution >= 4 is 17.3 Å². The Morgan fingerprint density at radius 3 is 2.80 bits per heavy atom. The Morgan fingerprint density at radius 1 is 1.40 bits per heavy atom. The number of hydrogen-bond donors (Lipinski definition) is 2. The number of hydrogen-bond acceptors (Lipinski definition) is 5. The highest BCUT2D eigenvalue weighted by atomic mass is 16.5. The predicted molar refractivity (Wildman–Crippen MR) is 81.0 cm³/mol. The van der Waals surface area contributed by atoms with E-state index in [1.807, 2.05) is 0 Å². The van der Waals surface area contributed by atoms with Gasteiger partial charge >= 0.3 is 5.97 Å². The number of carbonyl (C=O) groups excluding carboxylic acids is 1.